The Labute approximate surface area is 148 Å². The lowest BCUT2D eigenvalue weighted by atomic mass is 10.2. The molecule has 2 rings (SSSR count). The molecule has 0 heterocycles. The van der Waals surface area contributed by atoms with E-state index in [1.807, 2.05) is 36.4 Å². The molecule has 25 heavy (non-hydrogen) atoms. The van der Waals surface area contributed by atoms with Gasteiger partial charge < -0.3 is 19.5 Å². The maximum absolute atomic E-state index is 12.1. The van der Waals surface area contributed by atoms with Crippen LogP contribution in [0.15, 0.2) is 48.5 Å². The van der Waals surface area contributed by atoms with Crippen molar-refractivity contribution in [2.75, 3.05) is 20.3 Å². The third kappa shape index (κ3) is 5.71. The third-order valence-electron chi connectivity index (χ3n) is 3.74. The molecule has 0 saturated carbocycles. The van der Waals surface area contributed by atoms with Crippen molar-refractivity contribution >= 4 is 5.91 Å². The van der Waals surface area contributed by atoms with Crippen LogP contribution in [0.25, 0.3) is 0 Å². The van der Waals surface area contributed by atoms with E-state index in [9.17, 15) is 4.79 Å². The number of benzene rings is 2. The van der Waals surface area contributed by atoms with E-state index < -0.39 is 6.10 Å². The van der Waals surface area contributed by atoms with Gasteiger partial charge in [-0.05, 0) is 43.2 Å². The molecule has 0 aliphatic heterocycles. The Morgan fingerprint density at radius 1 is 1.08 bits per heavy atom. The van der Waals surface area contributed by atoms with Gasteiger partial charge in [0.15, 0.2) is 17.6 Å². The molecule has 0 radical (unpaired) electrons. The number of hydrogen-bond donors (Lipinski definition) is 1. The zero-order chi connectivity index (χ0) is 18.1. The standard InChI is InChI=1S/C20H25NO4/c1-4-16-9-11-17(12-10-16)24-14-13-21-20(22)15(2)25-19-8-6-5-7-18(19)23-3/h5-12,15H,4,13-14H2,1-3H3,(H,21,22)/t15-/m1/s1. The number of hydrogen-bond acceptors (Lipinski definition) is 4. The van der Waals surface area contributed by atoms with Crippen LogP contribution >= 0.6 is 0 Å². The predicted molar refractivity (Wildman–Crippen MR) is 97.4 cm³/mol. The molecule has 5 nitrogen and oxygen atoms in total. The van der Waals surface area contributed by atoms with Gasteiger partial charge in [0.1, 0.15) is 12.4 Å². The Bertz CT molecular complexity index is 670. The molecule has 0 saturated heterocycles. The van der Waals surface area contributed by atoms with Crippen LogP contribution in [0.2, 0.25) is 0 Å². The van der Waals surface area contributed by atoms with Crippen molar-refractivity contribution in [3.63, 3.8) is 0 Å². The molecule has 1 atom stereocenters. The number of carbonyl (C=O) groups is 1. The average molecular weight is 343 g/mol. The molecule has 5 heteroatoms. The zero-order valence-electron chi connectivity index (χ0n) is 15.0. The SMILES string of the molecule is CCc1ccc(OCCNC(=O)[C@@H](C)Oc2ccccc2OC)cc1. The number of ether oxygens (including phenoxy) is 3. The van der Waals surface area contributed by atoms with Gasteiger partial charge in [0.25, 0.3) is 5.91 Å². The van der Waals surface area contributed by atoms with Gasteiger partial charge in [-0.25, -0.2) is 0 Å². The smallest absolute Gasteiger partial charge is 0.260 e. The molecule has 0 bridgehead atoms. The largest absolute Gasteiger partial charge is 0.493 e. The number of rotatable bonds is 9. The molecule has 2 aromatic rings. The van der Waals surface area contributed by atoms with Crippen LogP contribution in [0.1, 0.15) is 19.4 Å². The van der Waals surface area contributed by atoms with Crippen LogP contribution in [0, 0.1) is 0 Å². The van der Waals surface area contributed by atoms with E-state index in [-0.39, 0.29) is 5.91 Å². The van der Waals surface area contributed by atoms with Gasteiger partial charge >= 0.3 is 0 Å². The molecule has 1 N–H and O–H groups in total. The van der Waals surface area contributed by atoms with E-state index in [4.69, 9.17) is 14.2 Å². The minimum absolute atomic E-state index is 0.198. The maximum atomic E-state index is 12.1. The van der Waals surface area contributed by atoms with E-state index in [0.29, 0.717) is 24.7 Å². The van der Waals surface area contributed by atoms with E-state index in [0.717, 1.165) is 12.2 Å². The minimum Gasteiger partial charge on any atom is -0.493 e. The second kappa shape index (κ2) is 9.57. The van der Waals surface area contributed by atoms with Crippen molar-refractivity contribution in [3.8, 4) is 17.2 Å². The number of carbonyl (C=O) groups excluding carboxylic acids is 1. The topological polar surface area (TPSA) is 56.8 Å². The highest BCUT2D eigenvalue weighted by Gasteiger charge is 2.16. The Kier molecular flexibility index (Phi) is 7.14. The van der Waals surface area contributed by atoms with Crippen molar-refractivity contribution in [1.82, 2.24) is 5.32 Å². The van der Waals surface area contributed by atoms with Crippen LogP contribution in [-0.2, 0) is 11.2 Å². The first-order valence-electron chi connectivity index (χ1n) is 8.43. The molecule has 0 unspecified atom stereocenters. The number of aryl methyl sites for hydroxylation is 1. The maximum Gasteiger partial charge on any atom is 0.260 e. The zero-order valence-corrected chi connectivity index (χ0v) is 15.0. The van der Waals surface area contributed by atoms with E-state index in [1.165, 1.54) is 5.56 Å². The van der Waals surface area contributed by atoms with Crippen LogP contribution < -0.4 is 19.5 Å². The molecule has 0 fully saturated rings. The summed E-state index contributed by atoms with van der Waals surface area (Å²) in [6, 6.07) is 15.2. The summed E-state index contributed by atoms with van der Waals surface area (Å²) in [5.74, 6) is 1.74. The highest BCUT2D eigenvalue weighted by molar-refractivity contribution is 5.80. The summed E-state index contributed by atoms with van der Waals surface area (Å²) >= 11 is 0. The summed E-state index contributed by atoms with van der Waals surface area (Å²) in [5, 5.41) is 2.80. The lowest BCUT2D eigenvalue weighted by Crippen LogP contribution is -2.38. The summed E-state index contributed by atoms with van der Waals surface area (Å²) in [6.07, 6.45) is 0.376. The normalized spacial score (nSPS) is 11.5. The molecule has 0 aromatic heterocycles. The summed E-state index contributed by atoms with van der Waals surface area (Å²) in [7, 11) is 1.57. The van der Waals surface area contributed by atoms with Crippen LogP contribution in [-0.4, -0.2) is 32.3 Å². The van der Waals surface area contributed by atoms with Gasteiger partial charge in [0.05, 0.1) is 13.7 Å². The number of amides is 1. The summed E-state index contributed by atoms with van der Waals surface area (Å²) in [6.45, 7) is 4.62. The van der Waals surface area contributed by atoms with Crippen LogP contribution in [0.3, 0.4) is 0 Å². The third-order valence-corrected chi connectivity index (χ3v) is 3.74. The molecule has 2 aromatic carbocycles. The highest BCUT2D eigenvalue weighted by atomic mass is 16.5. The molecule has 0 aliphatic rings. The minimum atomic E-state index is -0.625. The van der Waals surface area contributed by atoms with Crippen molar-refractivity contribution < 1.29 is 19.0 Å². The van der Waals surface area contributed by atoms with Gasteiger partial charge in [-0.15, -0.1) is 0 Å². The molecular formula is C20H25NO4. The molecular weight excluding hydrogens is 318 g/mol. The second-order valence-corrected chi connectivity index (χ2v) is 5.55. The quantitative estimate of drug-likeness (QED) is 0.710. The fourth-order valence-electron chi connectivity index (χ4n) is 2.27. The van der Waals surface area contributed by atoms with Crippen molar-refractivity contribution in [2.24, 2.45) is 0 Å². The van der Waals surface area contributed by atoms with Crippen molar-refractivity contribution in [3.05, 3.63) is 54.1 Å². The van der Waals surface area contributed by atoms with Crippen LogP contribution in [0.4, 0.5) is 0 Å². The van der Waals surface area contributed by atoms with Gasteiger partial charge in [-0.1, -0.05) is 31.2 Å². The molecule has 0 spiro atoms. The first-order chi connectivity index (χ1) is 12.1. The lowest BCUT2D eigenvalue weighted by molar-refractivity contribution is -0.127. The second-order valence-electron chi connectivity index (χ2n) is 5.55. The molecule has 1 amide bonds. The predicted octanol–water partition coefficient (Wildman–Crippen LogP) is 3.22. The Hall–Kier alpha value is -2.69. The monoisotopic (exact) mass is 343 g/mol. The van der Waals surface area contributed by atoms with Crippen LogP contribution in [0.5, 0.6) is 17.2 Å². The Morgan fingerprint density at radius 2 is 1.76 bits per heavy atom. The summed E-state index contributed by atoms with van der Waals surface area (Å²) in [5.41, 5.74) is 1.27. The highest BCUT2D eigenvalue weighted by Crippen LogP contribution is 2.26. The van der Waals surface area contributed by atoms with Gasteiger partial charge in [0.2, 0.25) is 0 Å². The fourth-order valence-corrected chi connectivity index (χ4v) is 2.27. The van der Waals surface area contributed by atoms with Gasteiger partial charge in [-0.2, -0.15) is 0 Å². The molecule has 134 valence electrons. The van der Waals surface area contributed by atoms with Crippen molar-refractivity contribution in [1.29, 1.82) is 0 Å². The Morgan fingerprint density at radius 3 is 2.40 bits per heavy atom. The van der Waals surface area contributed by atoms with Gasteiger partial charge in [-0.3, -0.25) is 4.79 Å². The summed E-state index contributed by atoms with van der Waals surface area (Å²) < 4.78 is 16.5. The first kappa shape index (κ1) is 18.6. The first-order valence-corrected chi connectivity index (χ1v) is 8.43. The lowest BCUT2D eigenvalue weighted by Gasteiger charge is -2.16. The number of nitrogens with one attached hydrogen (secondary N) is 1. The number of methoxy groups -OCH3 is 1. The summed E-state index contributed by atoms with van der Waals surface area (Å²) in [4.78, 5) is 12.1. The van der Waals surface area contributed by atoms with Gasteiger partial charge in [0, 0.05) is 0 Å². The Balaban J connectivity index is 1.73. The fraction of sp³-hybridized carbons (Fsp3) is 0.350. The molecule has 0 aliphatic carbocycles. The average Bonchev–Trinajstić information content (AvgIpc) is 2.65. The number of para-hydroxylation sites is 2. The van der Waals surface area contributed by atoms with Crippen molar-refractivity contribution in [2.45, 2.75) is 26.4 Å². The van der Waals surface area contributed by atoms with E-state index in [2.05, 4.69) is 12.2 Å². The van der Waals surface area contributed by atoms with E-state index >= 15 is 0 Å². The van der Waals surface area contributed by atoms with E-state index in [1.54, 1.807) is 26.2 Å².